The van der Waals surface area contributed by atoms with Gasteiger partial charge in [0.1, 0.15) is 0 Å². The first-order valence-corrected chi connectivity index (χ1v) is 8.45. The van der Waals surface area contributed by atoms with E-state index in [1.54, 1.807) is 11.3 Å². The summed E-state index contributed by atoms with van der Waals surface area (Å²) in [7, 11) is 2.10. The molecule has 4 heteroatoms. The molecule has 0 fully saturated rings. The molecular formula is C17H25N3S. The molecule has 1 atom stereocenters. The quantitative estimate of drug-likeness (QED) is 0.841. The van der Waals surface area contributed by atoms with Crippen molar-refractivity contribution in [1.29, 1.82) is 0 Å². The highest BCUT2D eigenvalue weighted by Crippen LogP contribution is 2.24. The molecule has 0 bridgehead atoms. The molecule has 1 unspecified atom stereocenters. The standard InChI is InChI=1S/C17H25N3S/c1-5-18-16(14-9-7-6-8-10-14)11-15-12-21-17(19-15)20(4)13(2)3/h6-10,12-13,16,18H,5,11H2,1-4H3. The average Bonchev–Trinajstić information content (AvgIpc) is 2.95. The summed E-state index contributed by atoms with van der Waals surface area (Å²) in [5.74, 6) is 0. The minimum absolute atomic E-state index is 0.329. The van der Waals surface area contributed by atoms with Crippen LogP contribution in [-0.2, 0) is 6.42 Å². The topological polar surface area (TPSA) is 28.2 Å². The molecule has 2 rings (SSSR count). The van der Waals surface area contributed by atoms with Gasteiger partial charge in [0.15, 0.2) is 5.13 Å². The van der Waals surface area contributed by atoms with Gasteiger partial charge in [0.25, 0.3) is 0 Å². The third kappa shape index (κ3) is 4.29. The summed E-state index contributed by atoms with van der Waals surface area (Å²) in [6, 6.07) is 11.4. The molecule has 0 spiro atoms. The summed E-state index contributed by atoms with van der Waals surface area (Å²) < 4.78 is 0. The number of nitrogens with zero attached hydrogens (tertiary/aromatic N) is 2. The second-order valence-corrected chi connectivity index (χ2v) is 6.39. The van der Waals surface area contributed by atoms with Crippen molar-refractivity contribution in [3.63, 3.8) is 0 Å². The van der Waals surface area contributed by atoms with Gasteiger partial charge in [-0.15, -0.1) is 11.3 Å². The van der Waals surface area contributed by atoms with E-state index in [9.17, 15) is 0 Å². The first-order valence-electron chi connectivity index (χ1n) is 7.57. The van der Waals surface area contributed by atoms with E-state index in [0.29, 0.717) is 12.1 Å². The van der Waals surface area contributed by atoms with Gasteiger partial charge in [-0.1, -0.05) is 37.3 Å². The second-order valence-electron chi connectivity index (χ2n) is 5.55. The number of rotatable bonds is 7. The highest BCUT2D eigenvalue weighted by Gasteiger charge is 2.15. The number of likely N-dealkylation sites (N-methyl/N-ethyl adjacent to an activating group) is 1. The number of hydrogen-bond acceptors (Lipinski definition) is 4. The maximum Gasteiger partial charge on any atom is 0.185 e. The number of anilines is 1. The van der Waals surface area contributed by atoms with Crippen LogP contribution in [0, 0.1) is 0 Å². The predicted octanol–water partition coefficient (Wildman–Crippen LogP) is 3.88. The molecule has 0 radical (unpaired) electrons. The number of benzene rings is 1. The van der Waals surface area contributed by atoms with Gasteiger partial charge in [-0.05, 0) is 26.0 Å². The van der Waals surface area contributed by atoms with Crippen LogP contribution in [0.1, 0.15) is 38.1 Å². The van der Waals surface area contributed by atoms with Crippen LogP contribution in [0.3, 0.4) is 0 Å². The van der Waals surface area contributed by atoms with Crippen molar-refractivity contribution >= 4 is 16.5 Å². The minimum atomic E-state index is 0.329. The summed E-state index contributed by atoms with van der Waals surface area (Å²) >= 11 is 1.73. The molecule has 3 nitrogen and oxygen atoms in total. The van der Waals surface area contributed by atoms with E-state index in [4.69, 9.17) is 4.98 Å². The van der Waals surface area contributed by atoms with Crippen LogP contribution < -0.4 is 10.2 Å². The molecule has 21 heavy (non-hydrogen) atoms. The SMILES string of the molecule is CCNC(Cc1csc(N(C)C(C)C)n1)c1ccccc1. The average molecular weight is 303 g/mol. The molecule has 114 valence electrons. The van der Waals surface area contributed by atoms with E-state index in [2.05, 4.69) is 73.7 Å². The largest absolute Gasteiger partial charge is 0.349 e. The maximum atomic E-state index is 4.78. The molecule has 1 aromatic carbocycles. The summed E-state index contributed by atoms with van der Waals surface area (Å²) in [6.45, 7) is 7.48. The summed E-state index contributed by atoms with van der Waals surface area (Å²) in [5, 5.41) is 6.84. The van der Waals surface area contributed by atoms with Crippen LogP contribution >= 0.6 is 11.3 Å². The Hall–Kier alpha value is -1.39. The number of hydrogen-bond donors (Lipinski definition) is 1. The van der Waals surface area contributed by atoms with Gasteiger partial charge < -0.3 is 10.2 Å². The zero-order valence-corrected chi connectivity index (χ0v) is 14.2. The lowest BCUT2D eigenvalue weighted by molar-refractivity contribution is 0.545. The molecule has 0 aliphatic heterocycles. The van der Waals surface area contributed by atoms with Gasteiger partial charge in [-0.25, -0.2) is 4.98 Å². The maximum absolute atomic E-state index is 4.78. The number of thiazole rings is 1. The predicted molar refractivity (Wildman–Crippen MR) is 92.2 cm³/mol. The Morgan fingerprint density at radius 2 is 1.95 bits per heavy atom. The number of aromatic nitrogens is 1. The van der Waals surface area contributed by atoms with Gasteiger partial charge in [-0.2, -0.15) is 0 Å². The third-order valence-corrected chi connectivity index (χ3v) is 4.66. The highest BCUT2D eigenvalue weighted by molar-refractivity contribution is 7.13. The van der Waals surface area contributed by atoms with Crippen LogP contribution in [0.2, 0.25) is 0 Å². The van der Waals surface area contributed by atoms with E-state index in [1.165, 1.54) is 5.56 Å². The Morgan fingerprint density at radius 1 is 1.24 bits per heavy atom. The summed E-state index contributed by atoms with van der Waals surface area (Å²) in [6.07, 6.45) is 0.931. The highest BCUT2D eigenvalue weighted by atomic mass is 32.1. The van der Waals surface area contributed by atoms with E-state index >= 15 is 0 Å². The molecule has 0 aliphatic carbocycles. The summed E-state index contributed by atoms with van der Waals surface area (Å²) in [4.78, 5) is 7.00. The fourth-order valence-electron chi connectivity index (χ4n) is 2.22. The van der Waals surface area contributed by atoms with Crippen molar-refractivity contribution in [2.45, 2.75) is 39.3 Å². The summed E-state index contributed by atoms with van der Waals surface area (Å²) in [5.41, 5.74) is 2.49. The number of nitrogens with one attached hydrogen (secondary N) is 1. The molecule has 0 saturated heterocycles. The second kappa shape index (κ2) is 7.57. The molecule has 1 heterocycles. The zero-order chi connectivity index (χ0) is 15.2. The van der Waals surface area contributed by atoms with Crippen molar-refractivity contribution in [1.82, 2.24) is 10.3 Å². The van der Waals surface area contributed by atoms with Gasteiger partial charge in [0, 0.05) is 30.9 Å². The van der Waals surface area contributed by atoms with Crippen LogP contribution in [0.5, 0.6) is 0 Å². The Balaban J connectivity index is 2.11. The van der Waals surface area contributed by atoms with Gasteiger partial charge in [-0.3, -0.25) is 0 Å². The van der Waals surface area contributed by atoms with Crippen LogP contribution in [0.15, 0.2) is 35.7 Å². The van der Waals surface area contributed by atoms with Crippen LogP contribution in [0.25, 0.3) is 0 Å². The molecule has 2 aromatic rings. The smallest absolute Gasteiger partial charge is 0.185 e. The van der Waals surface area contributed by atoms with E-state index in [1.807, 2.05) is 0 Å². The fourth-order valence-corrected chi connectivity index (χ4v) is 3.16. The lowest BCUT2D eigenvalue weighted by Crippen LogP contribution is -2.25. The molecular weight excluding hydrogens is 278 g/mol. The van der Waals surface area contributed by atoms with Gasteiger partial charge in [0.2, 0.25) is 0 Å². The van der Waals surface area contributed by atoms with Crippen molar-refractivity contribution in [2.24, 2.45) is 0 Å². The van der Waals surface area contributed by atoms with Crippen LogP contribution in [0.4, 0.5) is 5.13 Å². The molecule has 0 amide bonds. The van der Waals surface area contributed by atoms with Crippen molar-refractivity contribution in [3.05, 3.63) is 47.0 Å². The monoisotopic (exact) mass is 303 g/mol. The van der Waals surface area contributed by atoms with E-state index in [-0.39, 0.29) is 0 Å². The molecule has 0 saturated carbocycles. The third-order valence-electron chi connectivity index (χ3n) is 3.68. The Morgan fingerprint density at radius 3 is 2.57 bits per heavy atom. The first-order chi connectivity index (χ1) is 10.1. The van der Waals surface area contributed by atoms with Crippen LogP contribution in [-0.4, -0.2) is 24.6 Å². The lowest BCUT2D eigenvalue weighted by atomic mass is 10.0. The van der Waals surface area contributed by atoms with Gasteiger partial charge in [0.05, 0.1) is 5.69 Å². The van der Waals surface area contributed by atoms with E-state index < -0.39 is 0 Å². The zero-order valence-electron chi connectivity index (χ0n) is 13.3. The van der Waals surface area contributed by atoms with Crippen molar-refractivity contribution in [3.8, 4) is 0 Å². The molecule has 1 aromatic heterocycles. The fraction of sp³-hybridized carbons (Fsp3) is 0.471. The van der Waals surface area contributed by atoms with E-state index in [0.717, 1.165) is 23.8 Å². The van der Waals surface area contributed by atoms with Crippen molar-refractivity contribution < 1.29 is 0 Å². The first kappa shape index (κ1) is 16.0. The minimum Gasteiger partial charge on any atom is -0.349 e. The lowest BCUT2D eigenvalue weighted by Gasteiger charge is -2.20. The Bertz CT molecular complexity index is 536. The van der Waals surface area contributed by atoms with Gasteiger partial charge >= 0.3 is 0 Å². The molecule has 1 N–H and O–H groups in total. The normalized spacial score (nSPS) is 12.6. The molecule has 0 aliphatic rings. The Kier molecular flexibility index (Phi) is 5.76. The van der Waals surface area contributed by atoms with Crippen molar-refractivity contribution in [2.75, 3.05) is 18.5 Å². The Labute approximate surface area is 132 Å².